The monoisotopic (exact) mass is 290 g/mol. The standard InChI is InChI=1S/C18H30N2O/c1-7-20(8-2)12-17(21)19-18-15(13(3)4)10-9-11-16(18)14(5)6/h9-11,13-14H,7-8,12H2,1-6H3,(H,19,21). The molecule has 0 aliphatic carbocycles. The van der Waals surface area contributed by atoms with Gasteiger partial charge < -0.3 is 5.32 Å². The highest BCUT2D eigenvalue weighted by Crippen LogP contribution is 2.32. The highest BCUT2D eigenvalue weighted by Gasteiger charge is 2.16. The Hall–Kier alpha value is -1.35. The summed E-state index contributed by atoms with van der Waals surface area (Å²) in [5, 5.41) is 3.16. The second kappa shape index (κ2) is 8.18. The van der Waals surface area contributed by atoms with Gasteiger partial charge in [-0.05, 0) is 36.1 Å². The lowest BCUT2D eigenvalue weighted by molar-refractivity contribution is -0.117. The fourth-order valence-electron chi connectivity index (χ4n) is 2.52. The van der Waals surface area contributed by atoms with Gasteiger partial charge in [-0.15, -0.1) is 0 Å². The molecule has 0 fully saturated rings. The third-order valence-electron chi connectivity index (χ3n) is 3.90. The Morgan fingerprint density at radius 2 is 1.52 bits per heavy atom. The molecule has 1 rings (SSSR count). The lowest BCUT2D eigenvalue weighted by Gasteiger charge is -2.22. The van der Waals surface area contributed by atoms with Gasteiger partial charge in [-0.3, -0.25) is 9.69 Å². The van der Waals surface area contributed by atoms with E-state index >= 15 is 0 Å². The highest BCUT2D eigenvalue weighted by molar-refractivity contribution is 5.94. The van der Waals surface area contributed by atoms with Gasteiger partial charge in [0.1, 0.15) is 0 Å². The van der Waals surface area contributed by atoms with Gasteiger partial charge in [0.05, 0.1) is 6.54 Å². The molecule has 1 N–H and O–H groups in total. The normalized spacial score (nSPS) is 11.5. The summed E-state index contributed by atoms with van der Waals surface area (Å²) in [5.74, 6) is 0.869. The van der Waals surface area contributed by atoms with Crippen LogP contribution in [0.25, 0.3) is 0 Å². The molecule has 0 spiro atoms. The zero-order valence-corrected chi connectivity index (χ0v) is 14.4. The number of nitrogens with one attached hydrogen (secondary N) is 1. The van der Waals surface area contributed by atoms with Crippen LogP contribution < -0.4 is 5.32 Å². The van der Waals surface area contributed by atoms with Crippen molar-refractivity contribution < 1.29 is 4.79 Å². The summed E-state index contributed by atoms with van der Waals surface area (Å²) in [7, 11) is 0. The largest absolute Gasteiger partial charge is 0.324 e. The van der Waals surface area contributed by atoms with Gasteiger partial charge >= 0.3 is 0 Å². The predicted octanol–water partition coefficient (Wildman–Crippen LogP) is 4.21. The molecule has 0 aliphatic heterocycles. The minimum atomic E-state index is 0.0775. The molecule has 0 saturated heterocycles. The van der Waals surface area contributed by atoms with E-state index in [0.717, 1.165) is 18.8 Å². The summed E-state index contributed by atoms with van der Waals surface area (Å²) in [6.45, 7) is 15.1. The number of hydrogen-bond acceptors (Lipinski definition) is 2. The van der Waals surface area contributed by atoms with Crippen molar-refractivity contribution in [2.75, 3.05) is 25.0 Å². The summed E-state index contributed by atoms with van der Waals surface area (Å²) in [4.78, 5) is 14.5. The Morgan fingerprint density at radius 1 is 1.05 bits per heavy atom. The maximum absolute atomic E-state index is 12.3. The van der Waals surface area contributed by atoms with Crippen LogP contribution in [0.4, 0.5) is 5.69 Å². The second-order valence-electron chi connectivity index (χ2n) is 6.13. The third kappa shape index (κ3) is 4.85. The van der Waals surface area contributed by atoms with E-state index in [0.29, 0.717) is 18.4 Å². The van der Waals surface area contributed by atoms with Crippen molar-refractivity contribution in [2.45, 2.75) is 53.4 Å². The van der Waals surface area contributed by atoms with E-state index in [1.165, 1.54) is 11.1 Å². The number of amides is 1. The molecule has 3 heteroatoms. The molecule has 1 aromatic rings. The Kier molecular flexibility index (Phi) is 6.90. The predicted molar refractivity (Wildman–Crippen MR) is 91.0 cm³/mol. The van der Waals surface area contributed by atoms with Crippen LogP contribution in [0.5, 0.6) is 0 Å². The van der Waals surface area contributed by atoms with Gasteiger partial charge in [0.2, 0.25) is 5.91 Å². The number of rotatable bonds is 7. The van der Waals surface area contributed by atoms with E-state index in [1.54, 1.807) is 0 Å². The molecular weight excluding hydrogens is 260 g/mol. The molecular formula is C18H30N2O. The molecule has 0 bridgehead atoms. The zero-order valence-electron chi connectivity index (χ0n) is 14.4. The fourth-order valence-corrected chi connectivity index (χ4v) is 2.52. The van der Waals surface area contributed by atoms with Crippen LogP contribution in [-0.2, 0) is 4.79 Å². The first-order chi connectivity index (χ1) is 9.90. The number of nitrogens with zero attached hydrogens (tertiary/aromatic N) is 1. The van der Waals surface area contributed by atoms with Crippen molar-refractivity contribution in [1.82, 2.24) is 4.90 Å². The number of hydrogen-bond donors (Lipinski definition) is 1. The Bertz CT molecular complexity index is 436. The van der Waals surface area contributed by atoms with Crippen molar-refractivity contribution in [1.29, 1.82) is 0 Å². The maximum atomic E-state index is 12.3. The fraction of sp³-hybridized carbons (Fsp3) is 0.611. The van der Waals surface area contributed by atoms with Gasteiger partial charge in [0.15, 0.2) is 0 Å². The average molecular weight is 290 g/mol. The molecule has 0 heterocycles. The topological polar surface area (TPSA) is 32.3 Å². The molecule has 0 unspecified atom stereocenters. The number of benzene rings is 1. The second-order valence-corrected chi connectivity index (χ2v) is 6.13. The Morgan fingerprint density at radius 3 is 1.90 bits per heavy atom. The molecule has 0 atom stereocenters. The molecule has 0 aliphatic rings. The minimum absolute atomic E-state index is 0.0775. The van der Waals surface area contributed by atoms with Gasteiger partial charge in [-0.2, -0.15) is 0 Å². The minimum Gasteiger partial charge on any atom is -0.324 e. The molecule has 3 nitrogen and oxygen atoms in total. The Labute approximate surface area is 129 Å². The number of likely N-dealkylation sites (N-methyl/N-ethyl adjacent to an activating group) is 1. The number of para-hydroxylation sites is 1. The maximum Gasteiger partial charge on any atom is 0.238 e. The van der Waals surface area contributed by atoms with Gasteiger partial charge in [-0.1, -0.05) is 59.7 Å². The zero-order chi connectivity index (χ0) is 16.0. The van der Waals surface area contributed by atoms with Crippen molar-refractivity contribution in [3.8, 4) is 0 Å². The van der Waals surface area contributed by atoms with E-state index in [4.69, 9.17) is 0 Å². The van der Waals surface area contributed by atoms with E-state index in [2.05, 4.69) is 70.0 Å². The molecule has 21 heavy (non-hydrogen) atoms. The molecule has 1 aromatic carbocycles. The van der Waals surface area contributed by atoms with Crippen molar-refractivity contribution in [2.24, 2.45) is 0 Å². The van der Waals surface area contributed by atoms with E-state index in [1.807, 2.05) is 0 Å². The SMILES string of the molecule is CCN(CC)CC(=O)Nc1c(C(C)C)cccc1C(C)C. The van der Waals surface area contributed by atoms with Crippen molar-refractivity contribution in [3.63, 3.8) is 0 Å². The van der Waals surface area contributed by atoms with E-state index in [9.17, 15) is 4.79 Å². The van der Waals surface area contributed by atoms with Crippen LogP contribution in [0.2, 0.25) is 0 Å². The van der Waals surface area contributed by atoms with E-state index < -0.39 is 0 Å². The molecule has 0 aromatic heterocycles. The van der Waals surface area contributed by atoms with Crippen LogP contribution in [0.3, 0.4) is 0 Å². The summed E-state index contributed by atoms with van der Waals surface area (Å²) in [6, 6.07) is 6.32. The highest BCUT2D eigenvalue weighted by atomic mass is 16.2. The quantitative estimate of drug-likeness (QED) is 0.815. The summed E-state index contributed by atoms with van der Waals surface area (Å²) < 4.78 is 0. The van der Waals surface area contributed by atoms with Gasteiger partial charge in [0.25, 0.3) is 0 Å². The summed E-state index contributed by atoms with van der Waals surface area (Å²) >= 11 is 0. The van der Waals surface area contributed by atoms with E-state index in [-0.39, 0.29) is 5.91 Å². The Balaban J connectivity index is 3.02. The summed E-state index contributed by atoms with van der Waals surface area (Å²) in [5.41, 5.74) is 3.45. The average Bonchev–Trinajstić information content (AvgIpc) is 2.44. The molecule has 0 radical (unpaired) electrons. The van der Waals surface area contributed by atoms with Crippen LogP contribution >= 0.6 is 0 Å². The number of carbonyl (C=O) groups is 1. The van der Waals surface area contributed by atoms with Crippen molar-refractivity contribution in [3.05, 3.63) is 29.3 Å². The first kappa shape index (κ1) is 17.7. The number of anilines is 1. The molecule has 1 amide bonds. The first-order valence-corrected chi connectivity index (χ1v) is 8.05. The van der Waals surface area contributed by atoms with Gasteiger partial charge in [-0.25, -0.2) is 0 Å². The lowest BCUT2D eigenvalue weighted by atomic mass is 9.92. The molecule has 0 saturated carbocycles. The smallest absolute Gasteiger partial charge is 0.238 e. The third-order valence-corrected chi connectivity index (χ3v) is 3.90. The first-order valence-electron chi connectivity index (χ1n) is 8.05. The van der Waals surface area contributed by atoms with Crippen LogP contribution in [-0.4, -0.2) is 30.4 Å². The van der Waals surface area contributed by atoms with Crippen LogP contribution in [0.1, 0.15) is 64.5 Å². The number of carbonyl (C=O) groups excluding carboxylic acids is 1. The molecule has 118 valence electrons. The lowest BCUT2D eigenvalue weighted by Crippen LogP contribution is -2.33. The summed E-state index contributed by atoms with van der Waals surface area (Å²) in [6.07, 6.45) is 0. The van der Waals surface area contributed by atoms with Gasteiger partial charge in [0, 0.05) is 5.69 Å². The van der Waals surface area contributed by atoms with Crippen LogP contribution in [0, 0.1) is 0 Å². The van der Waals surface area contributed by atoms with Crippen molar-refractivity contribution >= 4 is 11.6 Å². The van der Waals surface area contributed by atoms with Crippen LogP contribution in [0.15, 0.2) is 18.2 Å².